The van der Waals surface area contributed by atoms with Crippen LogP contribution in [-0.2, 0) is 0 Å². The first kappa shape index (κ1) is 18.2. The molecule has 0 amide bonds. The van der Waals surface area contributed by atoms with E-state index < -0.39 is 0 Å². The van der Waals surface area contributed by atoms with Gasteiger partial charge in [0.1, 0.15) is 29.9 Å². The predicted octanol–water partition coefficient (Wildman–Crippen LogP) is 4.64. The summed E-state index contributed by atoms with van der Waals surface area (Å²) in [6.45, 7) is 0. The lowest BCUT2D eigenvalue weighted by molar-refractivity contribution is 0.528. The average Bonchev–Trinajstić information content (AvgIpc) is 3.38. The third-order valence-electron chi connectivity index (χ3n) is 5.26. The molecule has 7 nitrogen and oxygen atoms in total. The summed E-state index contributed by atoms with van der Waals surface area (Å²) in [5.41, 5.74) is 4.28. The van der Waals surface area contributed by atoms with Crippen LogP contribution < -0.4 is 0 Å². The van der Waals surface area contributed by atoms with Crippen LogP contribution in [0.1, 0.15) is 6.04 Å². The molecule has 0 aliphatic carbocycles. The summed E-state index contributed by atoms with van der Waals surface area (Å²) in [7, 11) is 0. The van der Waals surface area contributed by atoms with Gasteiger partial charge in [-0.1, -0.05) is 0 Å². The fourth-order valence-electron chi connectivity index (χ4n) is 3.58. The molecule has 1 saturated heterocycles. The minimum Gasteiger partial charge on any atom is -0.436 e. The third kappa shape index (κ3) is 3.17. The number of rotatable bonds is 4. The van der Waals surface area contributed by atoms with Crippen LogP contribution in [0.4, 0.5) is 4.39 Å². The Kier molecular flexibility index (Phi) is 4.27. The molecule has 6 rings (SSSR count). The van der Waals surface area contributed by atoms with Gasteiger partial charge in [-0.05, 0) is 36.4 Å². The van der Waals surface area contributed by atoms with Gasteiger partial charge in [-0.25, -0.2) is 24.3 Å². The largest absolute Gasteiger partial charge is 0.436 e. The van der Waals surface area contributed by atoms with Gasteiger partial charge >= 0.3 is 0 Å². The van der Waals surface area contributed by atoms with Gasteiger partial charge in [0.05, 0.1) is 17.1 Å². The number of hydrogen-bond donors (Lipinski definition) is 0. The first-order chi connectivity index (χ1) is 15.3. The molecule has 1 aliphatic rings. The molecule has 1 aromatic carbocycles. The molecule has 0 spiro atoms. The van der Waals surface area contributed by atoms with Crippen LogP contribution in [0, 0.1) is 5.82 Å². The topological polar surface area (TPSA) is 82.5 Å². The van der Waals surface area contributed by atoms with Crippen LogP contribution in [0.25, 0.3) is 45.1 Å². The Labute approximate surface area is 180 Å². The Morgan fingerprint density at radius 2 is 1.87 bits per heavy atom. The van der Waals surface area contributed by atoms with Crippen molar-refractivity contribution >= 4 is 22.9 Å². The second-order valence-corrected chi connectivity index (χ2v) is 8.29. The molecular formula is C22H15FN6OS. The summed E-state index contributed by atoms with van der Waals surface area (Å²) < 4.78 is 21.5. The highest BCUT2D eigenvalue weighted by atomic mass is 32.2. The van der Waals surface area contributed by atoms with Crippen LogP contribution in [0.15, 0.2) is 65.9 Å². The van der Waals surface area contributed by atoms with Gasteiger partial charge in [-0.15, -0.1) is 0 Å². The number of hydrogen-bond acceptors (Lipinski definition) is 7. The molecule has 1 fully saturated rings. The normalized spacial score (nSPS) is 14.1. The summed E-state index contributed by atoms with van der Waals surface area (Å²) in [5.74, 6) is 2.35. The molecule has 152 valence electrons. The summed E-state index contributed by atoms with van der Waals surface area (Å²) in [5, 5.41) is 5.62. The summed E-state index contributed by atoms with van der Waals surface area (Å²) >= 11 is 1.89. The van der Waals surface area contributed by atoms with E-state index in [-0.39, 0.29) is 5.82 Å². The smallest absolute Gasteiger partial charge is 0.230 e. The van der Waals surface area contributed by atoms with Crippen molar-refractivity contribution in [1.82, 2.24) is 29.7 Å². The molecule has 31 heavy (non-hydrogen) atoms. The summed E-state index contributed by atoms with van der Waals surface area (Å²) in [6, 6.07) is 10.4. The monoisotopic (exact) mass is 430 g/mol. The molecule has 0 bridgehead atoms. The SMILES string of the molecule is Fc1ccc(-c2nn(C3CSC3)cc2-c2ncnc3oc(-c4ccncn4)cc23)cc1. The van der Waals surface area contributed by atoms with Gasteiger partial charge < -0.3 is 4.42 Å². The zero-order chi connectivity index (χ0) is 20.8. The van der Waals surface area contributed by atoms with E-state index in [9.17, 15) is 4.39 Å². The first-order valence-corrected chi connectivity index (χ1v) is 10.9. The maximum atomic E-state index is 13.5. The van der Waals surface area contributed by atoms with Crippen molar-refractivity contribution in [1.29, 1.82) is 0 Å². The Hall–Kier alpha value is -3.59. The molecule has 5 heterocycles. The zero-order valence-corrected chi connectivity index (χ0v) is 17.0. The lowest BCUT2D eigenvalue weighted by Crippen LogP contribution is -2.23. The standard InChI is InChI=1S/C22H15FN6OS/c23-14-3-1-13(2-4-14)20-17(8-29(28-20)15-9-31-10-15)21-16-7-19(18-5-6-24-11-25-18)30-22(16)27-12-26-21/h1-8,11-12,15H,9-10H2. The van der Waals surface area contributed by atoms with Crippen molar-refractivity contribution in [3.63, 3.8) is 0 Å². The molecular weight excluding hydrogens is 415 g/mol. The number of thioether (sulfide) groups is 1. The molecule has 0 atom stereocenters. The average molecular weight is 430 g/mol. The quantitative estimate of drug-likeness (QED) is 0.411. The highest BCUT2D eigenvalue weighted by Gasteiger charge is 2.25. The lowest BCUT2D eigenvalue weighted by atomic mass is 10.0. The van der Waals surface area contributed by atoms with E-state index in [0.717, 1.165) is 33.7 Å². The fourth-order valence-corrected chi connectivity index (χ4v) is 4.33. The van der Waals surface area contributed by atoms with Crippen LogP contribution >= 0.6 is 11.8 Å². The van der Waals surface area contributed by atoms with Gasteiger partial charge in [0.15, 0.2) is 5.76 Å². The second kappa shape index (κ2) is 7.28. The molecule has 1 aliphatic heterocycles. The number of furan rings is 1. The Bertz CT molecular complexity index is 1380. The van der Waals surface area contributed by atoms with Crippen LogP contribution in [0.2, 0.25) is 0 Å². The Morgan fingerprint density at radius 3 is 2.61 bits per heavy atom. The maximum absolute atomic E-state index is 13.5. The molecule has 9 heteroatoms. The van der Waals surface area contributed by atoms with E-state index in [0.29, 0.717) is 28.9 Å². The molecule has 0 unspecified atom stereocenters. The fraction of sp³-hybridized carbons (Fsp3) is 0.136. The van der Waals surface area contributed by atoms with Crippen LogP contribution in [0.5, 0.6) is 0 Å². The molecule has 0 N–H and O–H groups in total. The maximum Gasteiger partial charge on any atom is 0.230 e. The predicted molar refractivity (Wildman–Crippen MR) is 116 cm³/mol. The van der Waals surface area contributed by atoms with E-state index in [1.807, 2.05) is 28.7 Å². The number of benzene rings is 1. The van der Waals surface area contributed by atoms with E-state index in [1.54, 1.807) is 24.4 Å². The third-order valence-corrected chi connectivity index (χ3v) is 6.50. The highest BCUT2D eigenvalue weighted by molar-refractivity contribution is 8.00. The zero-order valence-electron chi connectivity index (χ0n) is 16.1. The molecule has 5 aromatic rings. The van der Waals surface area contributed by atoms with Gasteiger partial charge in [-0.3, -0.25) is 4.68 Å². The van der Waals surface area contributed by atoms with Crippen molar-refractivity contribution in [2.75, 3.05) is 11.5 Å². The van der Waals surface area contributed by atoms with Crippen molar-refractivity contribution < 1.29 is 8.81 Å². The van der Waals surface area contributed by atoms with Crippen molar-refractivity contribution in [2.24, 2.45) is 0 Å². The molecule has 4 aromatic heterocycles. The number of fused-ring (bicyclic) bond motifs is 1. The van der Waals surface area contributed by atoms with Crippen LogP contribution in [-0.4, -0.2) is 41.2 Å². The van der Waals surface area contributed by atoms with Gasteiger partial charge in [-0.2, -0.15) is 16.9 Å². The van der Waals surface area contributed by atoms with E-state index in [2.05, 4.69) is 19.9 Å². The van der Waals surface area contributed by atoms with E-state index in [4.69, 9.17) is 9.52 Å². The van der Waals surface area contributed by atoms with E-state index >= 15 is 0 Å². The van der Waals surface area contributed by atoms with Crippen molar-refractivity contribution in [2.45, 2.75) is 6.04 Å². The summed E-state index contributed by atoms with van der Waals surface area (Å²) in [4.78, 5) is 17.1. The first-order valence-electron chi connectivity index (χ1n) is 9.70. The second-order valence-electron chi connectivity index (χ2n) is 7.22. The molecule has 0 radical (unpaired) electrons. The minimum absolute atomic E-state index is 0.283. The number of aromatic nitrogens is 6. The van der Waals surface area contributed by atoms with Gasteiger partial charge in [0.2, 0.25) is 5.71 Å². The van der Waals surface area contributed by atoms with Crippen molar-refractivity contribution in [3.8, 4) is 34.0 Å². The van der Waals surface area contributed by atoms with E-state index in [1.165, 1.54) is 24.8 Å². The summed E-state index contributed by atoms with van der Waals surface area (Å²) in [6.07, 6.45) is 6.63. The van der Waals surface area contributed by atoms with Gasteiger partial charge in [0, 0.05) is 35.0 Å². The Balaban J connectivity index is 1.54. The number of nitrogens with zero attached hydrogens (tertiary/aromatic N) is 6. The highest BCUT2D eigenvalue weighted by Crippen LogP contribution is 2.38. The van der Waals surface area contributed by atoms with Crippen molar-refractivity contribution in [3.05, 3.63) is 67.3 Å². The van der Waals surface area contributed by atoms with Crippen LogP contribution in [0.3, 0.4) is 0 Å². The number of halogens is 1. The molecule has 0 saturated carbocycles. The minimum atomic E-state index is -0.283. The lowest BCUT2D eigenvalue weighted by Gasteiger charge is -2.24. The van der Waals surface area contributed by atoms with Gasteiger partial charge in [0.25, 0.3) is 0 Å². The Morgan fingerprint density at radius 1 is 1.00 bits per heavy atom.